The minimum absolute atomic E-state index is 0.190. The first-order chi connectivity index (χ1) is 9.79. The fourth-order valence-electron chi connectivity index (χ4n) is 2.25. The van der Waals surface area contributed by atoms with Crippen LogP contribution < -0.4 is 4.74 Å². The lowest BCUT2D eigenvalue weighted by molar-refractivity contribution is 0.252. The van der Waals surface area contributed by atoms with Crippen molar-refractivity contribution >= 4 is 0 Å². The molecule has 0 atom stereocenters. The zero-order valence-corrected chi connectivity index (χ0v) is 12.5. The van der Waals surface area contributed by atoms with Crippen LogP contribution >= 0.6 is 0 Å². The molecule has 1 rings (SSSR count). The van der Waals surface area contributed by atoms with Crippen LogP contribution in [0.4, 0.5) is 4.39 Å². The molecule has 0 saturated carbocycles. The van der Waals surface area contributed by atoms with E-state index in [1.54, 1.807) is 12.1 Å². The first kappa shape index (κ1) is 17.0. The maximum atomic E-state index is 13.5. The third-order valence-electron chi connectivity index (χ3n) is 3.46. The van der Waals surface area contributed by atoms with Gasteiger partial charge >= 0.3 is 0 Å². The average molecular weight is 282 g/mol. The average Bonchev–Trinajstić information content (AvgIpc) is 2.46. The number of para-hydroxylation sites is 1. The van der Waals surface area contributed by atoms with Crippen LogP contribution in [0.3, 0.4) is 0 Å². The summed E-state index contributed by atoms with van der Waals surface area (Å²) in [5.74, 6) is -0.186. The van der Waals surface area contributed by atoms with E-state index in [0.29, 0.717) is 12.2 Å². The predicted molar refractivity (Wildman–Crippen MR) is 80.4 cm³/mol. The Hall–Kier alpha value is -1.09. The zero-order valence-electron chi connectivity index (χ0n) is 12.5. The number of hydrogen-bond donors (Lipinski definition) is 1. The van der Waals surface area contributed by atoms with E-state index in [1.165, 1.54) is 44.6 Å². The number of hydrogen-bond acceptors (Lipinski definition) is 2. The molecule has 0 unspecified atom stereocenters. The zero-order chi connectivity index (χ0) is 14.6. The number of aliphatic hydroxyl groups is 1. The Morgan fingerprint density at radius 3 is 2.30 bits per heavy atom. The summed E-state index contributed by atoms with van der Waals surface area (Å²) in [5, 5.41) is 9.14. The second-order valence-electron chi connectivity index (χ2n) is 5.21. The molecule has 0 aliphatic carbocycles. The van der Waals surface area contributed by atoms with E-state index < -0.39 is 5.82 Å². The summed E-state index contributed by atoms with van der Waals surface area (Å²) in [4.78, 5) is 0. The molecule has 0 aliphatic heterocycles. The van der Waals surface area contributed by atoms with Crippen LogP contribution in [0.25, 0.3) is 0 Å². The van der Waals surface area contributed by atoms with Gasteiger partial charge in [0.2, 0.25) is 0 Å². The Kier molecular flexibility index (Phi) is 9.05. The minimum Gasteiger partial charge on any atom is -0.490 e. The van der Waals surface area contributed by atoms with Gasteiger partial charge in [-0.2, -0.15) is 0 Å². The highest BCUT2D eigenvalue weighted by atomic mass is 19.1. The van der Waals surface area contributed by atoms with Crippen LogP contribution in [0.5, 0.6) is 5.75 Å². The lowest BCUT2D eigenvalue weighted by Crippen LogP contribution is -2.02. The third-order valence-corrected chi connectivity index (χ3v) is 3.46. The first-order valence-electron chi connectivity index (χ1n) is 7.80. The molecule has 1 aromatic carbocycles. The molecular weight excluding hydrogens is 255 g/mol. The van der Waals surface area contributed by atoms with Crippen molar-refractivity contribution in [2.24, 2.45) is 0 Å². The van der Waals surface area contributed by atoms with Gasteiger partial charge in [0, 0.05) is 5.56 Å². The van der Waals surface area contributed by atoms with Crippen molar-refractivity contribution in [3.05, 3.63) is 29.6 Å². The number of aliphatic hydroxyl groups excluding tert-OH is 1. The van der Waals surface area contributed by atoms with Gasteiger partial charge in [-0.15, -0.1) is 0 Å². The number of ether oxygens (including phenoxy) is 1. The Bertz CT molecular complexity index is 366. The monoisotopic (exact) mass is 282 g/mol. The van der Waals surface area contributed by atoms with Crippen molar-refractivity contribution in [3.8, 4) is 5.75 Å². The van der Waals surface area contributed by atoms with Gasteiger partial charge in [0.05, 0.1) is 13.2 Å². The van der Waals surface area contributed by atoms with Gasteiger partial charge in [0.1, 0.15) is 0 Å². The van der Waals surface area contributed by atoms with Crippen LogP contribution in [0.1, 0.15) is 63.9 Å². The highest BCUT2D eigenvalue weighted by Gasteiger charge is 2.08. The molecule has 0 aliphatic rings. The molecule has 114 valence electrons. The van der Waals surface area contributed by atoms with Crippen molar-refractivity contribution < 1.29 is 14.2 Å². The molecule has 0 saturated heterocycles. The summed E-state index contributed by atoms with van der Waals surface area (Å²) < 4.78 is 19.0. The van der Waals surface area contributed by atoms with Gasteiger partial charge in [-0.25, -0.2) is 4.39 Å². The topological polar surface area (TPSA) is 29.5 Å². The van der Waals surface area contributed by atoms with Gasteiger partial charge in [-0.05, 0) is 12.5 Å². The van der Waals surface area contributed by atoms with E-state index in [-0.39, 0.29) is 12.4 Å². The van der Waals surface area contributed by atoms with E-state index in [1.807, 2.05) is 0 Å². The summed E-state index contributed by atoms with van der Waals surface area (Å²) in [6.45, 7) is 2.55. The Labute approximate surface area is 122 Å². The second-order valence-corrected chi connectivity index (χ2v) is 5.21. The lowest BCUT2D eigenvalue weighted by atomic mass is 10.1. The predicted octanol–water partition coefficient (Wildman–Crippen LogP) is 4.84. The third kappa shape index (κ3) is 6.38. The van der Waals surface area contributed by atoms with Crippen LogP contribution in [-0.2, 0) is 6.61 Å². The maximum absolute atomic E-state index is 13.5. The van der Waals surface area contributed by atoms with Crippen LogP contribution in [0.15, 0.2) is 18.2 Å². The molecule has 1 aromatic rings. The quantitative estimate of drug-likeness (QED) is 0.589. The normalized spacial score (nSPS) is 10.8. The fraction of sp³-hybridized carbons (Fsp3) is 0.647. The van der Waals surface area contributed by atoms with Gasteiger partial charge in [-0.1, -0.05) is 64.0 Å². The van der Waals surface area contributed by atoms with E-state index in [9.17, 15) is 4.39 Å². The number of benzene rings is 1. The summed E-state index contributed by atoms with van der Waals surface area (Å²) in [6.07, 6.45) is 9.82. The highest BCUT2D eigenvalue weighted by Crippen LogP contribution is 2.23. The standard InChI is InChI=1S/C17H27FO2/c1-2-3-4-5-6-7-8-9-13-20-17-15(14-19)11-10-12-16(17)18/h10-12,19H,2-9,13-14H2,1H3. The molecule has 2 nitrogen and oxygen atoms in total. The van der Waals surface area contributed by atoms with Gasteiger partial charge in [0.15, 0.2) is 11.6 Å². The van der Waals surface area contributed by atoms with Gasteiger partial charge < -0.3 is 9.84 Å². The second kappa shape index (κ2) is 10.7. The van der Waals surface area contributed by atoms with Gasteiger partial charge in [0.25, 0.3) is 0 Å². The molecule has 0 heterocycles. The number of unbranched alkanes of at least 4 members (excludes halogenated alkanes) is 7. The molecule has 3 heteroatoms. The van der Waals surface area contributed by atoms with E-state index >= 15 is 0 Å². The van der Waals surface area contributed by atoms with Crippen LogP contribution in [0, 0.1) is 5.82 Å². The molecule has 1 N–H and O–H groups in total. The number of halogens is 1. The Morgan fingerprint density at radius 1 is 1.00 bits per heavy atom. The minimum atomic E-state index is -0.392. The van der Waals surface area contributed by atoms with Crippen molar-refractivity contribution in [2.75, 3.05) is 6.61 Å². The molecular formula is C17H27FO2. The molecule has 0 aromatic heterocycles. The maximum Gasteiger partial charge on any atom is 0.165 e. The van der Waals surface area contributed by atoms with Crippen LogP contribution in [0.2, 0.25) is 0 Å². The SMILES string of the molecule is CCCCCCCCCCOc1c(F)cccc1CO. The van der Waals surface area contributed by atoms with Crippen molar-refractivity contribution in [1.29, 1.82) is 0 Å². The molecule has 0 spiro atoms. The molecule has 0 radical (unpaired) electrons. The molecule has 0 amide bonds. The fourth-order valence-corrected chi connectivity index (χ4v) is 2.25. The highest BCUT2D eigenvalue weighted by molar-refractivity contribution is 5.34. The van der Waals surface area contributed by atoms with E-state index in [2.05, 4.69) is 6.92 Å². The first-order valence-corrected chi connectivity index (χ1v) is 7.80. The Balaban J connectivity index is 2.12. The number of rotatable bonds is 11. The summed E-state index contributed by atoms with van der Waals surface area (Å²) in [5.41, 5.74) is 0.518. The smallest absolute Gasteiger partial charge is 0.165 e. The van der Waals surface area contributed by atoms with Crippen molar-refractivity contribution in [3.63, 3.8) is 0 Å². The Morgan fingerprint density at radius 2 is 1.65 bits per heavy atom. The molecule has 0 fully saturated rings. The van der Waals surface area contributed by atoms with E-state index in [4.69, 9.17) is 9.84 Å². The lowest BCUT2D eigenvalue weighted by Gasteiger charge is -2.10. The summed E-state index contributed by atoms with van der Waals surface area (Å²) in [6, 6.07) is 4.64. The van der Waals surface area contributed by atoms with Crippen molar-refractivity contribution in [1.82, 2.24) is 0 Å². The summed E-state index contributed by atoms with van der Waals surface area (Å²) >= 11 is 0. The van der Waals surface area contributed by atoms with Crippen molar-refractivity contribution in [2.45, 2.75) is 64.9 Å². The molecule has 0 bridgehead atoms. The van der Waals surface area contributed by atoms with Gasteiger partial charge in [-0.3, -0.25) is 0 Å². The largest absolute Gasteiger partial charge is 0.490 e. The molecule has 20 heavy (non-hydrogen) atoms. The van der Waals surface area contributed by atoms with E-state index in [0.717, 1.165) is 12.8 Å². The summed E-state index contributed by atoms with van der Waals surface area (Å²) in [7, 11) is 0. The van der Waals surface area contributed by atoms with Crippen LogP contribution in [-0.4, -0.2) is 11.7 Å².